The van der Waals surface area contributed by atoms with Gasteiger partial charge in [-0.3, -0.25) is 9.78 Å². The van der Waals surface area contributed by atoms with Gasteiger partial charge in [0, 0.05) is 44.1 Å². The first-order valence-electron chi connectivity index (χ1n) is 10.0. The van der Waals surface area contributed by atoms with Crippen LogP contribution in [-0.4, -0.2) is 42.2 Å². The number of unbranched alkanes of at least 4 members (excludes halogenated alkanes) is 1. The predicted molar refractivity (Wildman–Crippen MR) is 102 cm³/mol. The molecule has 0 aromatic carbocycles. The summed E-state index contributed by atoms with van der Waals surface area (Å²) in [6.45, 7) is 4.15. The molecule has 1 N–H and O–H groups in total. The van der Waals surface area contributed by atoms with Crippen molar-refractivity contribution < 1.29 is 13.9 Å². The van der Waals surface area contributed by atoms with E-state index in [4.69, 9.17) is 4.74 Å². The smallest absolute Gasteiger partial charge is 0.220 e. The molecule has 4 rings (SSSR count). The number of allylic oxidation sites excluding steroid dienone is 2. The zero-order valence-corrected chi connectivity index (χ0v) is 15.9. The quantitative estimate of drug-likeness (QED) is 0.590. The Kier molecular flexibility index (Phi) is 5.17. The number of rotatable bonds is 7. The first-order chi connectivity index (χ1) is 13.1. The topological polar surface area (TPSA) is 54.5 Å². The van der Waals surface area contributed by atoms with Crippen LogP contribution in [0.1, 0.15) is 39.0 Å². The molecule has 0 radical (unpaired) electrons. The van der Waals surface area contributed by atoms with Crippen LogP contribution in [0.3, 0.4) is 0 Å². The maximum absolute atomic E-state index is 14.2. The minimum atomic E-state index is -0.283. The van der Waals surface area contributed by atoms with Gasteiger partial charge in [-0.25, -0.2) is 4.39 Å². The number of nitrogens with one attached hydrogen (secondary N) is 1. The first-order valence-corrected chi connectivity index (χ1v) is 10.0. The predicted octanol–water partition coefficient (Wildman–Crippen LogP) is 3.07. The lowest BCUT2D eigenvalue weighted by molar-refractivity contribution is -0.121. The van der Waals surface area contributed by atoms with E-state index in [1.54, 1.807) is 12.3 Å². The average molecular weight is 373 g/mol. The van der Waals surface area contributed by atoms with Gasteiger partial charge in [-0.05, 0) is 38.7 Å². The Morgan fingerprint density at radius 1 is 1.56 bits per heavy atom. The van der Waals surface area contributed by atoms with Gasteiger partial charge >= 0.3 is 0 Å². The number of hydrogen-bond acceptors (Lipinski definition) is 4. The van der Waals surface area contributed by atoms with E-state index in [0.717, 1.165) is 38.8 Å². The zero-order chi connectivity index (χ0) is 18.9. The van der Waals surface area contributed by atoms with Gasteiger partial charge in [0.1, 0.15) is 0 Å². The number of hydrogen-bond donors (Lipinski definition) is 1. The molecule has 27 heavy (non-hydrogen) atoms. The second-order valence-electron chi connectivity index (χ2n) is 8.00. The number of fused-ring (bicyclic) bond motifs is 1. The summed E-state index contributed by atoms with van der Waals surface area (Å²) in [7, 11) is 0. The second-order valence-corrected chi connectivity index (χ2v) is 8.00. The summed E-state index contributed by atoms with van der Waals surface area (Å²) in [6.07, 6.45) is 11.7. The second kappa shape index (κ2) is 7.58. The van der Waals surface area contributed by atoms with Gasteiger partial charge in [0.15, 0.2) is 5.82 Å². The van der Waals surface area contributed by atoms with E-state index >= 15 is 0 Å². The van der Waals surface area contributed by atoms with Crippen molar-refractivity contribution >= 4 is 11.6 Å². The van der Waals surface area contributed by atoms with Gasteiger partial charge in [0.05, 0.1) is 23.6 Å². The van der Waals surface area contributed by atoms with Crippen molar-refractivity contribution in [1.82, 2.24) is 10.3 Å². The molecule has 0 saturated carbocycles. The number of ether oxygens (including phenoxy) is 1. The molecule has 5 nitrogen and oxygen atoms in total. The Morgan fingerprint density at radius 2 is 2.44 bits per heavy atom. The average Bonchev–Trinajstić information content (AvgIpc) is 3.32. The van der Waals surface area contributed by atoms with Crippen LogP contribution in [0, 0.1) is 17.7 Å². The van der Waals surface area contributed by atoms with E-state index in [9.17, 15) is 9.18 Å². The monoisotopic (exact) mass is 373 g/mol. The summed E-state index contributed by atoms with van der Waals surface area (Å²) >= 11 is 0. The molecule has 3 aliphatic heterocycles. The molecule has 0 aliphatic carbocycles. The van der Waals surface area contributed by atoms with Gasteiger partial charge in [0.2, 0.25) is 5.91 Å². The lowest BCUT2D eigenvalue weighted by atomic mass is 9.73. The molecule has 3 aliphatic rings. The molecule has 0 unspecified atom stereocenters. The van der Waals surface area contributed by atoms with E-state index < -0.39 is 0 Å². The Hall–Kier alpha value is -1.95. The SMILES string of the molecule is C/C=C/CCCC(=O)NC[C@H]1[C@H]2CN(c3ccncc3F)C[C@]23CC[C@H]1O3. The molecule has 6 heteroatoms. The standard InChI is InChI=1S/C21H28FN3O2/c1-2-3-4-5-6-20(26)24-11-15-16-13-25(18-8-10-23-12-17(18)22)14-21(16)9-7-19(15)27-21/h2-3,8,10,12,15-16,19H,4-7,9,11,13-14H2,1H3,(H,24,26)/b3-2+/t15-,16+,19+,21+/m0/s1. The lowest BCUT2D eigenvalue weighted by Crippen LogP contribution is -2.41. The van der Waals surface area contributed by atoms with Crippen LogP contribution in [0.2, 0.25) is 0 Å². The molecule has 4 atom stereocenters. The van der Waals surface area contributed by atoms with E-state index in [0.29, 0.717) is 30.5 Å². The Bertz CT molecular complexity index is 725. The van der Waals surface area contributed by atoms with Gasteiger partial charge in [-0.1, -0.05) is 12.2 Å². The Balaban J connectivity index is 1.37. The minimum absolute atomic E-state index is 0.117. The summed E-state index contributed by atoms with van der Waals surface area (Å²) in [5, 5.41) is 3.12. The third-order valence-electron chi connectivity index (χ3n) is 6.42. The van der Waals surface area contributed by atoms with Crippen molar-refractivity contribution in [3.8, 4) is 0 Å². The third kappa shape index (κ3) is 3.47. The number of pyridine rings is 1. The highest BCUT2D eigenvalue weighted by molar-refractivity contribution is 5.75. The third-order valence-corrected chi connectivity index (χ3v) is 6.42. The number of anilines is 1. The van der Waals surface area contributed by atoms with Crippen molar-refractivity contribution in [2.75, 3.05) is 24.5 Å². The Morgan fingerprint density at radius 3 is 3.26 bits per heavy atom. The van der Waals surface area contributed by atoms with Gasteiger partial charge in [-0.15, -0.1) is 0 Å². The van der Waals surface area contributed by atoms with E-state index in [1.807, 2.05) is 13.0 Å². The van der Waals surface area contributed by atoms with E-state index in [1.165, 1.54) is 6.20 Å². The Labute approximate surface area is 160 Å². The van der Waals surface area contributed by atoms with Crippen LogP contribution in [0.15, 0.2) is 30.6 Å². The van der Waals surface area contributed by atoms with Crippen LogP contribution in [0.5, 0.6) is 0 Å². The van der Waals surface area contributed by atoms with E-state index in [-0.39, 0.29) is 23.4 Å². The fraction of sp³-hybridized carbons (Fsp3) is 0.619. The maximum atomic E-state index is 14.2. The number of carbonyl (C=O) groups excluding carboxylic acids is 1. The highest BCUT2D eigenvalue weighted by Crippen LogP contribution is 2.55. The number of amides is 1. The molecule has 2 bridgehead atoms. The summed E-state index contributed by atoms with van der Waals surface area (Å²) in [6, 6.07) is 1.74. The fourth-order valence-electron chi connectivity index (χ4n) is 5.14. The summed E-state index contributed by atoms with van der Waals surface area (Å²) in [4.78, 5) is 18.1. The molecule has 146 valence electrons. The molecular weight excluding hydrogens is 345 g/mol. The maximum Gasteiger partial charge on any atom is 0.220 e. The number of halogens is 1. The van der Waals surface area contributed by atoms with Crippen LogP contribution in [-0.2, 0) is 9.53 Å². The van der Waals surface area contributed by atoms with Crippen LogP contribution < -0.4 is 10.2 Å². The highest BCUT2D eigenvalue weighted by atomic mass is 19.1. The van der Waals surface area contributed by atoms with E-state index in [2.05, 4.69) is 21.3 Å². The molecule has 1 amide bonds. The molecule has 1 aromatic heterocycles. The molecular formula is C21H28FN3O2. The molecule has 3 fully saturated rings. The summed E-state index contributed by atoms with van der Waals surface area (Å²) < 4.78 is 20.6. The van der Waals surface area contributed by atoms with Crippen molar-refractivity contribution in [3.63, 3.8) is 0 Å². The molecule has 4 heterocycles. The molecule has 1 aromatic rings. The molecule has 1 spiro atoms. The number of aromatic nitrogens is 1. The van der Waals surface area contributed by atoms with Gasteiger partial charge < -0.3 is 15.0 Å². The van der Waals surface area contributed by atoms with Crippen LogP contribution in [0.4, 0.5) is 10.1 Å². The van der Waals surface area contributed by atoms with Crippen molar-refractivity contribution in [2.45, 2.75) is 50.7 Å². The minimum Gasteiger partial charge on any atom is -0.369 e. The molecule has 3 saturated heterocycles. The van der Waals surface area contributed by atoms with Crippen LogP contribution in [0.25, 0.3) is 0 Å². The summed E-state index contributed by atoms with van der Waals surface area (Å²) in [5.74, 6) is 0.487. The van der Waals surface area contributed by atoms with Crippen molar-refractivity contribution in [3.05, 3.63) is 36.4 Å². The van der Waals surface area contributed by atoms with Crippen molar-refractivity contribution in [1.29, 1.82) is 0 Å². The normalized spacial score (nSPS) is 31.6. The fourth-order valence-corrected chi connectivity index (χ4v) is 5.14. The van der Waals surface area contributed by atoms with Crippen molar-refractivity contribution in [2.24, 2.45) is 11.8 Å². The van der Waals surface area contributed by atoms with Gasteiger partial charge in [0.25, 0.3) is 0 Å². The largest absolute Gasteiger partial charge is 0.369 e. The van der Waals surface area contributed by atoms with Crippen LogP contribution >= 0.6 is 0 Å². The number of carbonyl (C=O) groups is 1. The number of nitrogens with zero attached hydrogens (tertiary/aromatic N) is 2. The lowest BCUT2D eigenvalue weighted by Gasteiger charge is -2.29. The highest BCUT2D eigenvalue weighted by Gasteiger charge is 2.63. The van der Waals surface area contributed by atoms with Gasteiger partial charge in [-0.2, -0.15) is 0 Å². The zero-order valence-electron chi connectivity index (χ0n) is 15.9. The first kappa shape index (κ1) is 18.4. The summed E-state index contributed by atoms with van der Waals surface area (Å²) in [5.41, 5.74) is 0.425.